The van der Waals surface area contributed by atoms with Crippen LogP contribution < -0.4 is 5.32 Å². The first-order valence-electron chi connectivity index (χ1n) is 7.15. The van der Waals surface area contributed by atoms with E-state index in [1.807, 2.05) is 0 Å². The number of anilines is 1. The van der Waals surface area contributed by atoms with Crippen molar-refractivity contribution >= 4 is 5.95 Å². The first-order chi connectivity index (χ1) is 9.28. The molecule has 3 heteroatoms. The summed E-state index contributed by atoms with van der Waals surface area (Å²) in [6.07, 6.45) is 5.79. The standard InChI is InChI=1S/C16H21N3/c1-3-15(13-7-5-4-6-8-13)18-16-17-12(2)11-19(16)14-9-10-14/h4-8,11,14-15H,3,9-10H2,1-2H3,(H,17,18). The first kappa shape index (κ1) is 12.3. The van der Waals surface area contributed by atoms with Gasteiger partial charge in [-0.2, -0.15) is 0 Å². The number of hydrogen-bond donors (Lipinski definition) is 1. The summed E-state index contributed by atoms with van der Waals surface area (Å²) in [6, 6.07) is 11.6. The average Bonchev–Trinajstić information content (AvgIpc) is 3.21. The van der Waals surface area contributed by atoms with E-state index in [4.69, 9.17) is 0 Å². The van der Waals surface area contributed by atoms with Crippen LogP contribution in [-0.4, -0.2) is 9.55 Å². The summed E-state index contributed by atoms with van der Waals surface area (Å²) in [6.45, 7) is 4.27. The monoisotopic (exact) mass is 255 g/mol. The second-order valence-electron chi connectivity index (χ2n) is 5.36. The number of imidazole rings is 1. The summed E-state index contributed by atoms with van der Waals surface area (Å²) >= 11 is 0. The molecule has 1 unspecified atom stereocenters. The smallest absolute Gasteiger partial charge is 0.203 e. The predicted molar refractivity (Wildman–Crippen MR) is 78.3 cm³/mol. The SMILES string of the molecule is CCC(Nc1nc(C)cn1C1CC1)c1ccccc1. The van der Waals surface area contributed by atoms with Gasteiger partial charge in [0.2, 0.25) is 5.95 Å². The summed E-state index contributed by atoms with van der Waals surface area (Å²) < 4.78 is 2.31. The highest BCUT2D eigenvalue weighted by Gasteiger charge is 2.27. The van der Waals surface area contributed by atoms with Gasteiger partial charge in [-0.15, -0.1) is 0 Å². The second-order valence-corrected chi connectivity index (χ2v) is 5.36. The minimum Gasteiger partial charge on any atom is -0.349 e. The second kappa shape index (κ2) is 5.08. The molecule has 0 radical (unpaired) electrons. The lowest BCUT2D eigenvalue weighted by Crippen LogP contribution is -2.13. The fourth-order valence-electron chi connectivity index (χ4n) is 2.52. The lowest BCUT2D eigenvalue weighted by atomic mass is 10.1. The van der Waals surface area contributed by atoms with Gasteiger partial charge in [-0.3, -0.25) is 0 Å². The highest BCUT2D eigenvalue weighted by atomic mass is 15.2. The van der Waals surface area contributed by atoms with Gasteiger partial charge in [0, 0.05) is 12.2 Å². The van der Waals surface area contributed by atoms with E-state index in [0.29, 0.717) is 12.1 Å². The molecule has 1 fully saturated rings. The van der Waals surface area contributed by atoms with Gasteiger partial charge in [0.15, 0.2) is 0 Å². The van der Waals surface area contributed by atoms with Crippen molar-refractivity contribution in [2.45, 2.75) is 45.2 Å². The number of rotatable bonds is 5. The van der Waals surface area contributed by atoms with Gasteiger partial charge in [-0.1, -0.05) is 37.3 Å². The van der Waals surface area contributed by atoms with Crippen molar-refractivity contribution in [3.8, 4) is 0 Å². The first-order valence-corrected chi connectivity index (χ1v) is 7.15. The molecule has 1 heterocycles. The molecule has 0 spiro atoms. The molecule has 19 heavy (non-hydrogen) atoms. The average molecular weight is 255 g/mol. The molecule has 1 saturated carbocycles. The van der Waals surface area contributed by atoms with Crippen molar-refractivity contribution in [1.29, 1.82) is 0 Å². The van der Waals surface area contributed by atoms with Crippen LogP contribution in [0.4, 0.5) is 5.95 Å². The third-order valence-electron chi connectivity index (χ3n) is 3.71. The van der Waals surface area contributed by atoms with Crippen LogP contribution >= 0.6 is 0 Å². The van der Waals surface area contributed by atoms with E-state index < -0.39 is 0 Å². The maximum atomic E-state index is 4.64. The maximum Gasteiger partial charge on any atom is 0.203 e. The molecule has 1 N–H and O–H groups in total. The Morgan fingerprint density at radius 3 is 2.68 bits per heavy atom. The highest BCUT2D eigenvalue weighted by molar-refractivity contribution is 5.35. The number of hydrogen-bond acceptors (Lipinski definition) is 2. The molecule has 1 aromatic heterocycles. The van der Waals surface area contributed by atoms with Crippen LogP contribution in [0, 0.1) is 6.92 Å². The Morgan fingerprint density at radius 1 is 1.32 bits per heavy atom. The van der Waals surface area contributed by atoms with E-state index in [9.17, 15) is 0 Å². The Labute approximate surface area is 114 Å². The maximum absolute atomic E-state index is 4.64. The lowest BCUT2D eigenvalue weighted by Gasteiger charge is -2.19. The molecule has 3 rings (SSSR count). The van der Waals surface area contributed by atoms with Crippen molar-refractivity contribution in [2.24, 2.45) is 0 Å². The van der Waals surface area contributed by atoms with E-state index >= 15 is 0 Å². The van der Waals surface area contributed by atoms with Gasteiger partial charge in [-0.05, 0) is 31.7 Å². The van der Waals surface area contributed by atoms with Crippen molar-refractivity contribution in [2.75, 3.05) is 5.32 Å². The van der Waals surface area contributed by atoms with Crippen LogP contribution in [0.2, 0.25) is 0 Å². The van der Waals surface area contributed by atoms with E-state index in [1.54, 1.807) is 0 Å². The number of aromatic nitrogens is 2. The molecule has 0 aliphatic heterocycles. The molecule has 1 aliphatic carbocycles. The molecular weight excluding hydrogens is 234 g/mol. The molecule has 2 aromatic rings. The zero-order valence-corrected chi connectivity index (χ0v) is 11.6. The Balaban J connectivity index is 1.83. The Bertz CT molecular complexity index is 540. The topological polar surface area (TPSA) is 29.9 Å². The Hall–Kier alpha value is -1.77. The fourth-order valence-corrected chi connectivity index (χ4v) is 2.52. The molecule has 1 aliphatic rings. The van der Waals surface area contributed by atoms with Crippen LogP contribution in [0.3, 0.4) is 0 Å². The van der Waals surface area contributed by atoms with Crippen LogP contribution in [0.5, 0.6) is 0 Å². The van der Waals surface area contributed by atoms with Crippen molar-refractivity contribution in [1.82, 2.24) is 9.55 Å². The molecule has 0 amide bonds. The minimum atomic E-state index is 0.334. The summed E-state index contributed by atoms with van der Waals surface area (Å²) in [7, 11) is 0. The van der Waals surface area contributed by atoms with Gasteiger partial charge >= 0.3 is 0 Å². The molecule has 0 bridgehead atoms. The zero-order valence-electron chi connectivity index (χ0n) is 11.6. The molecule has 0 saturated heterocycles. The van der Waals surface area contributed by atoms with E-state index in [0.717, 1.165) is 18.1 Å². The number of nitrogens with zero attached hydrogens (tertiary/aromatic N) is 2. The molecule has 100 valence electrons. The number of benzene rings is 1. The lowest BCUT2D eigenvalue weighted by molar-refractivity contribution is 0.694. The van der Waals surface area contributed by atoms with Crippen LogP contribution in [-0.2, 0) is 0 Å². The largest absolute Gasteiger partial charge is 0.349 e. The van der Waals surface area contributed by atoms with Gasteiger partial charge in [-0.25, -0.2) is 4.98 Å². The van der Waals surface area contributed by atoms with Crippen molar-refractivity contribution in [3.05, 3.63) is 47.8 Å². The highest BCUT2D eigenvalue weighted by Crippen LogP contribution is 2.38. The fraction of sp³-hybridized carbons (Fsp3) is 0.438. The summed E-state index contributed by atoms with van der Waals surface area (Å²) in [5, 5.41) is 3.61. The summed E-state index contributed by atoms with van der Waals surface area (Å²) in [5.74, 6) is 1.02. The Morgan fingerprint density at radius 2 is 2.05 bits per heavy atom. The third-order valence-corrected chi connectivity index (χ3v) is 3.71. The van der Waals surface area contributed by atoms with Crippen LogP contribution in [0.15, 0.2) is 36.5 Å². The van der Waals surface area contributed by atoms with Gasteiger partial charge < -0.3 is 9.88 Å². The molecule has 3 nitrogen and oxygen atoms in total. The van der Waals surface area contributed by atoms with Gasteiger partial charge in [0.1, 0.15) is 0 Å². The number of nitrogens with one attached hydrogen (secondary N) is 1. The zero-order chi connectivity index (χ0) is 13.2. The normalized spacial score (nSPS) is 16.3. The Kier molecular flexibility index (Phi) is 3.28. The van der Waals surface area contributed by atoms with Crippen molar-refractivity contribution in [3.63, 3.8) is 0 Å². The summed E-state index contributed by atoms with van der Waals surface area (Å²) in [4.78, 5) is 4.64. The minimum absolute atomic E-state index is 0.334. The van der Waals surface area contributed by atoms with Gasteiger partial charge in [0.05, 0.1) is 11.7 Å². The third kappa shape index (κ3) is 2.65. The van der Waals surface area contributed by atoms with E-state index in [-0.39, 0.29) is 0 Å². The number of aryl methyl sites for hydroxylation is 1. The van der Waals surface area contributed by atoms with Crippen molar-refractivity contribution < 1.29 is 0 Å². The van der Waals surface area contributed by atoms with Crippen LogP contribution in [0.1, 0.15) is 49.5 Å². The quantitative estimate of drug-likeness (QED) is 0.872. The predicted octanol–water partition coefficient (Wildman–Crippen LogP) is 4.09. The summed E-state index contributed by atoms with van der Waals surface area (Å²) in [5.41, 5.74) is 2.42. The van der Waals surface area contributed by atoms with Gasteiger partial charge in [0.25, 0.3) is 0 Å². The molecule has 1 aromatic carbocycles. The molecular formula is C16H21N3. The van der Waals surface area contributed by atoms with E-state index in [2.05, 4.69) is 65.2 Å². The van der Waals surface area contributed by atoms with E-state index in [1.165, 1.54) is 18.4 Å². The molecule has 1 atom stereocenters. The van der Waals surface area contributed by atoms with Crippen LogP contribution in [0.25, 0.3) is 0 Å².